The molecule has 1 aliphatic carbocycles. The van der Waals surface area contributed by atoms with Crippen molar-refractivity contribution in [3.8, 4) is 5.75 Å². The first-order chi connectivity index (χ1) is 8.90. The van der Waals surface area contributed by atoms with E-state index in [1.165, 1.54) is 19.2 Å². The van der Waals surface area contributed by atoms with Crippen molar-refractivity contribution in [1.29, 1.82) is 0 Å². The number of fused-ring (bicyclic) bond motifs is 1. The molecular formula is C12H11F3O3S. The number of halogens is 3. The minimum Gasteiger partial charge on any atom is -0.469 e. The van der Waals surface area contributed by atoms with E-state index in [-0.39, 0.29) is 17.6 Å². The van der Waals surface area contributed by atoms with Crippen LogP contribution in [-0.4, -0.2) is 18.6 Å². The quantitative estimate of drug-likeness (QED) is 0.631. The summed E-state index contributed by atoms with van der Waals surface area (Å²) < 4.78 is 45.3. The zero-order valence-electron chi connectivity index (χ0n) is 9.99. The Hall–Kier alpha value is -1.37. The largest absolute Gasteiger partial charge is 0.479 e. The van der Waals surface area contributed by atoms with Crippen LogP contribution in [0, 0.1) is 0 Å². The monoisotopic (exact) mass is 292 g/mol. The third-order valence-corrected chi connectivity index (χ3v) is 3.38. The van der Waals surface area contributed by atoms with Crippen molar-refractivity contribution in [3.05, 3.63) is 29.3 Å². The number of aryl methyl sites for hydroxylation is 1. The first-order valence-electron chi connectivity index (χ1n) is 5.54. The summed E-state index contributed by atoms with van der Waals surface area (Å²) in [7, 11) is 1.32. The van der Waals surface area contributed by atoms with Gasteiger partial charge in [0.2, 0.25) is 0 Å². The topological polar surface area (TPSA) is 35.5 Å². The Kier molecular flexibility index (Phi) is 3.93. The highest BCUT2D eigenvalue weighted by Gasteiger charge is 2.32. The molecule has 0 spiro atoms. The molecule has 0 aromatic heterocycles. The number of hydrogen-bond acceptors (Lipinski definition) is 4. The van der Waals surface area contributed by atoms with Crippen molar-refractivity contribution in [2.45, 2.75) is 24.3 Å². The summed E-state index contributed by atoms with van der Waals surface area (Å²) in [6.07, 6.45) is 1.24. The molecule has 1 aliphatic rings. The zero-order chi connectivity index (χ0) is 14.0. The van der Waals surface area contributed by atoms with Gasteiger partial charge in [0.15, 0.2) is 12.0 Å². The van der Waals surface area contributed by atoms with E-state index in [1.807, 2.05) is 0 Å². The standard InChI is InChI=1S/C12H11F3O3S/c1-17-11(16)10-4-2-7-6-8(3-5-9(7)10)18-19-12(13,14)15/h3,5-6,10H,2,4H2,1H3. The Morgan fingerprint density at radius 1 is 1.42 bits per heavy atom. The molecule has 0 heterocycles. The molecule has 0 N–H and O–H groups in total. The maximum absolute atomic E-state index is 12.0. The molecule has 0 saturated heterocycles. The molecule has 0 fully saturated rings. The second kappa shape index (κ2) is 5.32. The van der Waals surface area contributed by atoms with Crippen molar-refractivity contribution in [3.63, 3.8) is 0 Å². The average molecular weight is 292 g/mol. The molecule has 19 heavy (non-hydrogen) atoms. The molecule has 0 radical (unpaired) electrons. The van der Waals surface area contributed by atoms with Gasteiger partial charge >= 0.3 is 11.5 Å². The molecule has 1 aromatic carbocycles. The van der Waals surface area contributed by atoms with Gasteiger partial charge in [-0.05, 0) is 36.1 Å². The van der Waals surface area contributed by atoms with Gasteiger partial charge in [-0.3, -0.25) is 4.79 Å². The number of carbonyl (C=O) groups excluding carboxylic acids is 1. The van der Waals surface area contributed by atoms with E-state index < -0.39 is 17.6 Å². The lowest BCUT2D eigenvalue weighted by Crippen LogP contribution is -2.11. The van der Waals surface area contributed by atoms with Gasteiger partial charge in [0.1, 0.15) is 5.75 Å². The van der Waals surface area contributed by atoms with Crippen LogP contribution in [0.2, 0.25) is 0 Å². The number of benzene rings is 1. The Morgan fingerprint density at radius 3 is 2.79 bits per heavy atom. The van der Waals surface area contributed by atoms with Crippen LogP contribution in [0.1, 0.15) is 23.5 Å². The fraction of sp³-hybridized carbons (Fsp3) is 0.417. The fourth-order valence-electron chi connectivity index (χ4n) is 2.13. The minimum absolute atomic E-state index is 0.131. The first-order valence-corrected chi connectivity index (χ1v) is 6.28. The van der Waals surface area contributed by atoms with E-state index in [1.54, 1.807) is 6.07 Å². The van der Waals surface area contributed by atoms with Crippen molar-refractivity contribution in [1.82, 2.24) is 0 Å². The lowest BCUT2D eigenvalue weighted by molar-refractivity contribution is -0.142. The van der Waals surface area contributed by atoms with Crippen molar-refractivity contribution >= 4 is 18.0 Å². The Labute approximate surface area is 112 Å². The summed E-state index contributed by atoms with van der Waals surface area (Å²) in [4.78, 5) is 11.5. The predicted molar refractivity (Wildman–Crippen MR) is 63.8 cm³/mol. The number of hydrogen-bond donors (Lipinski definition) is 0. The van der Waals surface area contributed by atoms with E-state index in [0.29, 0.717) is 12.8 Å². The van der Waals surface area contributed by atoms with E-state index >= 15 is 0 Å². The van der Waals surface area contributed by atoms with E-state index in [2.05, 4.69) is 4.18 Å². The number of esters is 1. The van der Waals surface area contributed by atoms with Gasteiger partial charge in [0.25, 0.3) is 0 Å². The molecule has 0 amide bonds. The second-order valence-electron chi connectivity index (χ2n) is 4.09. The molecule has 0 bridgehead atoms. The number of carbonyl (C=O) groups is 1. The van der Waals surface area contributed by atoms with Crippen molar-refractivity contribution in [2.24, 2.45) is 0 Å². The number of methoxy groups -OCH3 is 1. The molecule has 1 unspecified atom stereocenters. The molecule has 1 atom stereocenters. The fourth-order valence-corrected chi connectivity index (χ4v) is 2.42. The summed E-state index contributed by atoms with van der Waals surface area (Å²) in [6.45, 7) is 0. The minimum atomic E-state index is -4.44. The molecule has 7 heteroatoms. The van der Waals surface area contributed by atoms with Gasteiger partial charge in [-0.15, -0.1) is 0 Å². The highest BCUT2D eigenvalue weighted by Crippen LogP contribution is 2.38. The first kappa shape index (κ1) is 14.0. The maximum atomic E-state index is 12.0. The molecule has 0 aliphatic heterocycles. The lowest BCUT2D eigenvalue weighted by Gasteiger charge is -2.10. The van der Waals surface area contributed by atoms with Gasteiger partial charge in [-0.1, -0.05) is 6.07 Å². The molecule has 104 valence electrons. The SMILES string of the molecule is COC(=O)C1CCc2cc(OSC(F)(F)F)ccc21. The van der Waals surface area contributed by atoms with Crippen LogP contribution in [0.4, 0.5) is 13.2 Å². The third-order valence-electron chi connectivity index (χ3n) is 2.91. The molecular weight excluding hydrogens is 281 g/mol. The van der Waals surface area contributed by atoms with Crippen LogP contribution in [-0.2, 0) is 16.0 Å². The Morgan fingerprint density at radius 2 is 2.16 bits per heavy atom. The van der Waals surface area contributed by atoms with E-state index in [0.717, 1.165) is 11.1 Å². The smallest absolute Gasteiger partial charge is 0.469 e. The zero-order valence-corrected chi connectivity index (χ0v) is 10.8. The van der Waals surface area contributed by atoms with E-state index in [9.17, 15) is 18.0 Å². The highest BCUT2D eigenvalue weighted by atomic mass is 32.2. The maximum Gasteiger partial charge on any atom is 0.479 e. The van der Waals surface area contributed by atoms with Crippen molar-refractivity contribution in [2.75, 3.05) is 7.11 Å². The molecule has 0 saturated carbocycles. The Balaban J connectivity index is 2.11. The number of alkyl halides is 3. The van der Waals surface area contributed by atoms with Gasteiger partial charge < -0.3 is 8.92 Å². The highest BCUT2D eigenvalue weighted by molar-refractivity contribution is 7.95. The van der Waals surface area contributed by atoms with Gasteiger partial charge in [0.05, 0.1) is 13.0 Å². The summed E-state index contributed by atoms with van der Waals surface area (Å²) >= 11 is -0.548. The number of rotatable bonds is 3. The van der Waals surface area contributed by atoms with Gasteiger partial charge in [-0.25, -0.2) is 0 Å². The predicted octanol–water partition coefficient (Wildman–Crippen LogP) is 3.44. The summed E-state index contributed by atoms with van der Waals surface area (Å²) in [5, 5.41) is 0. The Bertz CT molecular complexity index is 488. The summed E-state index contributed by atoms with van der Waals surface area (Å²) in [5.74, 6) is -0.520. The summed E-state index contributed by atoms with van der Waals surface area (Å²) in [5.41, 5.74) is -2.81. The van der Waals surface area contributed by atoms with Crippen LogP contribution >= 0.6 is 12.0 Å². The van der Waals surface area contributed by atoms with Gasteiger partial charge in [0, 0.05) is 0 Å². The molecule has 1 aromatic rings. The van der Waals surface area contributed by atoms with Crippen LogP contribution < -0.4 is 4.18 Å². The van der Waals surface area contributed by atoms with Crippen LogP contribution in [0.25, 0.3) is 0 Å². The summed E-state index contributed by atoms with van der Waals surface area (Å²) in [6, 6.07) is 4.59. The molecule has 2 rings (SSSR count). The van der Waals surface area contributed by atoms with Crippen LogP contribution in [0.3, 0.4) is 0 Å². The third kappa shape index (κ3) is 3.34. The second-order valence-corrected chi connectivity index (χ2v) is 4.88. The average Bonchev–Trinajstić information content (AvgIpc) is 2.77. The van der Waals surface area contributed by atoms with E-state index in [4.69, 9.17) is 4.74 Å². The number of ether oxygens (including phenoxy) is 1. The van der Waals surface area contributed by atoms with Crippen LogP contribution in [0.15, 0.2) is 18.2 Å². The van der Waals surface area contributed by atoms with Crippen LogP contribution in [0.5, 0.6) is 5.75 Å². The molecule has 3 nitrogen and oxygen atoms in total. The lowest BCUT2D eigenvalue weighted by atomic mass is 10.0. The normalized spacial score (nSPS) is 18.0. The van der Waals surface area contributed by atoms with Gasteiger partial charge in [-0.2, -0.15) is 13.2 Å². The van der Waals surface area contributed by atoms with Crippen molar-refractivity contribution < 1.29 is 26.9 Å².